The van der Waals surface area contributed by atoms with E-state index in [0.717, 1.165) is 13.0 Å². The molecule has 3 N–H and O–H groups in total. The maximum Gasteiger partial charge on any atom is 0.306 e. The van der Waals surface area contributed by atoms with Crippen molar-refractivity contribution in [3.05, 3.63) is 0 Å². The summed E-state index contributed by atoms with van der Waals surface area (Å²) in [5.41, 5.74) is 0. The van der Waals surface area contributed by atoms with Crippen LogP contribution in [0, 0.1) is 5.92 Å². The molecule has 0 heterocycles. The van der Waals surface area contributed by atoms with Crippen LogP contribution >= 0.6 is 0 Å². The van der Waals surface area contributed by atoms with Crippen LogP contribution in [0.15, 0.2) is 0 Å². The normalized spacial score (nSPS) is 28.0. The first-order valence-electron chi connectivity index (χ1n) is 6.40. The highest BCUT2D eigenvalue weighted by Gasteiger charge is 2.30. The van der Waals surface area contributed by atoms with E-state index in [2.05, 4.69) is 10.6 Å². The van der Waals surface area contributed by atoms with Crippen molar-refractivity contribution >= 4 is 11.9 Å². The van der Waals surface area contributed by atoms with Gasteiger partial charge in [0, 0.05) is 25.0 Å². The molecule has 2 fully saturated rings. The fourth-order valence-corrected chi connectivity index (χ4v) is 2.31. The zero-order chi connectivity index (χ0) is 12.3. The van der Waals surface area contributed by atoms with Crippen molar-refractivity contribution in [1.82, 2.24) is 10.6 Å². The topological polar surface area (TPSA) is 78.4 Å². The third-order valence-electron chi connectivity index (χ3n) is 3.51. The lowest BCUT2D eigenvalue weighted by molar-refractivity contribution is -0.141. The predicted molar refractivity (Wildman–Crippen MR) is 62.5 cm³/mol. The molecule has 2 rings (SSSR count). The third kappa shape index (κ3) is 4.00. The van der Waals surface area contributed by atoms with E-state index in [4.69, 9.17) is 5.11 Å². The Morgan fingerprint density at radius 1 is 1.12 bits per heavy atom. The maximum absolute atomic E-state index is 11.6. The van der Waals surface area contributed by atoms with Crippen LogP contribution in [0.5, 0.6) is 0 Å². The van der Waals surface area contributed by atoms with E-state index >= 15 is 0 Å². The summed E-state index contributed by atoms with van der Waals surface area (Å²) in [5.74, 6) is -0.976. The second-order valence-corrected chi connectivity index (χ2v) is 5.09. The van der Waals surface area contributed by atoms with Gasteiger partial charge in [-0.1, -0.05) is 0 Å². The number of aliphatic carboxylic acids is 1. The molecule has 96 valence electrons. The van der Waals surface area contributed by atoms with Crippen LogP contribution in [-0.4, -0.2) is 35.6 Å². The van der Waals surface area contributed by atoms with Crippen LogP contribution in [0.3, 0.4) is 0 Å². The van der Waals surface area contributed by atoms with Crippen LogP contribution < -0.4 is 10.6 Å². The molecule has 2 saturated carbocycles. The third-order valence-corrected chi connectivity index (χ3v) is 3.51. The lowest BCUT2D eigenvalue weighted by atomic mass is 10.1. The Kier molecular flexibility index (Phi) is 3.99. The van der Waals surface area contributed by atoms with Gasteiger partial charge in [0.05, 0.1) is 5.92 Å². The molecule has 17 heavy (non-hydrogen) atoms. The van der Waals surface area contributed by atoms with Crippen molar-refractivity contribution in [3.8, 4) is 0 Å². The lowest BCUT2D eigenvalue weighted by Gasteiger charge is -2.12. The van der Waals surface area contributed by atoms with Gasteiger partial charge in [-0.25, -0.2) is 0 Å². The van der Waals surface area contributed by atoms with Gasteiger partial charge in [-0.3, -0.25) is 9.59 Å². The Hall–Kier alpha value is -1.10. The first-order chi connectivity index (χ1) is 8.15. The minimum Gasteiger partial charge on any atom is -0.481 e. The molecule has 1 amide bonds. The van der Waals surface area contributed by atoms with Crippen molar-refractivity contribution in [2.24, 2.45) is 5.92 Å². The average molecular weight is 240 g/mol. The van der Waals surface area contributed by atoms with E-state index in [1.165, 1.54) is 12.8 Å². The molecule has 5 nitrogen and oxygen atoms in total. The van der Waals surface area contributed by atoms with Gasteiger partial charge < -0.3 is 15.7 Å². The number of carbonyl (C=O) groups excluding carboxylic acids is 1. The Bertz CT molecular complexity index is 302. The number of nitrogens with one attached hydrogen (secondary N) is 2. The number of carboxylic acids is 1. The fourth-order valence-electron chi connectivity index (χ4n) is 2.31. The number of amides is 1. The summed E-state index contributed by atoms with van der Waals surface area (Å²) < 4.78 is 0. The zero-order valence-electron chi connectivity index (χ0n) is 9.95. The molecule has 0 radical (unpaired) electrons. The highest BCUT2D eigenvalue weighted by molar-refractivity contribution is 5.77. The van der Waals surface area contributed by atoms with Gasteiger partial charge in [0.1, 0.15) is 0 Å². The highest BCUT2D eigenvalue weighted by Crippen LogP contribution is 2.25. The highest BCUT2D eigenvalue weighted by atomic mass is 16.4. The van der Waals surface area contributed by atoms with Crippen LogP contribution in [0.4, 0.5) is 0 Å². The number of hydrogen-bond donors (Lipinski definition) is 3. The SMILES string of the molecule is O=C(CCNC1CC1)NC1CCC(C(=O)O)C1. The average Bonchev–Trinajstić information content (AvgIpc) is 2.96. The molecular formula is C12H20N2O3. The zero-order valence-corrected chi connectivity index (χ0v) is 9.95. The van der Waals surface area contributed by atoms with Crippen LogP contribution in [0.1, 0.15) is 38.5 Å². The number of carbonyl (C=O) groups is 2. The first-order valence-corrected chi connectivity index (χ1v) is 6.40. The summed E-state index contributed by atoms with van der Waals surface area (Å²) in [6.45, 7) is 0.728. The number of hydrogen-bond acceptors (Lipinski definition) is 3. The molecular weight excluding hydrogens is 220 g/mol. The second-order valence-electron chi connectivity index (χ2n) is 5.09. The maximum atomic E-state index is 11.6. The summed E-state index contributed by atoms with van der Waals surface area (Å²) in [7, 11) is 0. The number of carboxylic acid groups (broad SMARTS) is 1. The van der Waals surface area contributed by atoms with Gasteiger partial charge in [-0.05, 0) is 32.1 Å². The second kappa shape index (κ2) is 5.49. The molecule has 0 bridgehead atoms. The van der Waals surface area contributed by atoms with Crippen LogP contribution in [0.25, 0.3) is 0 Å². The molecule has 2 atom stereocenters. The Balaban J connectivity index is 1.59. The predicted octanol–water partition coefficient (Wildman–Crippen LogP) is 0.498. The Morgan fingerprint density at radius 3 is 2.41 bits per heavy atom. The van der Waals surface area contributed by atoms with Crippen molar-refractivity contribution < 1.29 is 14.7 Å². The quantitative estimate of drug-likeness (QED) is 0.631. The van der Waals surface area contributed by atoms with Gasteiger partial charge in [0.25, 0.3) is 0 Å². The van der Waals surface area contributed by atoms with Crippen LogP contribution in [-0.2, 0) is 9.59 Å². The molecule has 0 saturated heterocycles. The molecule has 2 aliphatic rings. The van der Waals surface area contributed by atoms with Crippen molar-refractivity contribution in [2.75, 3.05) is 6.54 Å². The standard InChI is InChI=1S/C12H20N2O3/c15-11(5-6-13-9-3-4-9)14-10-2-1-8(7-10)12(16)17/h8-10,13H,1-7H2,(H,14,15)(H,16,17). The Labute approximate surface area is 101 Å². The van der Waals surface area contributed by atoms with Gasteiger partial charge in [-0.15, -0.1) is 0 Å². The number of rotatable bonds is 6. The van der Waals surface area contributed by atoms with Gasteiger partial charge in [0.15, 0.2) is 0 Å². The molecule has 5 heteroatoms. The fraction of sp³-hybridized carbons (Fsp3) is 0.833. The van der Waals surface area contributed by atoms with Gasteiger partial charge in [0.2, 0.25) is 5.91 Å². The molecule has 0 spiro atoms. The van der Waals surface area contributed by atoms with E-state index < -0.39 is 5.97 Å². The summed E-state index contributed by atoms with van der Waals surface area (Å²) in [4.78, 5) is 22.3. The van der Waals surface area contributed by atoms with Crippen LogP contribution in [0.2, 0.25) is 0 Å². The summed E-state index contributed by atoms with van der Waals surface area (Å²) >= 11 is 0. The lowest BCUT2D eigenvalue weighted by Crippen LogP contribution is -2.35. The van der Waals surface area contributed by atoms with E-state index in [1.807, 2.05) is 0 Å². The van der Waals surface area contributed by atoms with Crippen molar-refractivity contribution in [3.63, 3.8) is 0 Å². The summed E-state index contributed by atoms with van der Waals surface area (Å²) in [6, 6.07) is 0.690. The van der Waals surface area contributed by atoms with Gasteiger partial charge in [-0.2, -0.15) is 0 Å². The summed E-state index contributed by atoms with van der Waals surface area (Å²) in [5, 5.41) is 15.1. The molecule has 0 aromatic rings. The molecule has 2 unspecified atom stereocenters. The summed E-state index contributed by atoms with van der Waals surface area (Å²) in [6.07, 6.45) is 5.00. The molecule has 0 aliphatic heterocycles. The minimum absolute atomic E-state index is 0.0363. The van der Waals surface area contributed by atoms with E-state index in [0.29, 0.717) is 25.3 Å². The van der Waals surface area contributed by atoms with Gasteiger partial charge >= 0.3 is 5.97 Å². The van der Waals surface area contributed by atoms with Crippen molar-refractivity contribution in [1.29, 1.82) is 0 Å². The Morgan fingerprint density at radius 2 is 1.82 bits per heavy atom. The minimum atomic E-state index is -0.739. The van der Waals surface area contributed by atoms with E-state index in [9.17, 15) is 9.59 Å². The molecule has 0 aromatic heterocycles. The molecule has 2 aliphatic carbocycles. The molecule has 0 aromatic carbocycles. The smallest absolute Gasteiger partial charge is 0.306 e. The van der Waals surface area contributed by atoms with E-state index in [1.54, 1.807) is 0 Å². The van der Waals surface area contributed by atoms with Crippen molar-refractivity contribution in [2.45, 2.75) is 50.6 Å². The first kappa shape index (κ1) is 12.4. The monoisotopic (exact) mass is 240 g/mol. The van der Waals surface area contributed by atoms with E-state index in [-0.39, 0.29) is 17.9 Å². The largest absolute Gasteiger partial charge is 0.481 e.